The Balaban J connectivity index is 2.44. The zero-order chi connectivity index (χ0) is 10.4. The van der Waals surface area contributed by atoms with Crippen molar-refractivity contribution in [3.8, 4) is 5.40 Å². The Morgan fingerprint density at radius 3 is 2.71 bits per heavy atom. The number of aryl methyl sites for hydroxylation is 1. The number of nitriles is 1. The lowest BCUT2D eigenvalue weighted by molar-refractivity contribution is 0.935. The Labute approximate surface area is 98.0 Å². The van der Waals surface area contributed by atoms with Gasteiger partial charge in [-0.25, -0.2) is 0 Å². The van der Waals surface area contributed by atoms with Crippen molar-refractivity contribution >= 4 is 35.0 Å². The minimum Gasteiger partial charge on any atom is -0.185 e. The van der Waals surface area contributed by atoms with Crippen molar-refractivity contribution in [2.75, 3.05) is 5.75 Å². The van der Waals surface area contributed by atoms with Crippen molar-refractivity contribution in [1.82, 2.24) is 0 Å². The first-order valence-electron chi connectivity index (χ1n) is 4.19. The number of nitrogens with zero attached hydrogens (tertiary/aromatic N) is 1. The maximum absolute atomic E-state index is 8.32. The monoisotopic (exact) mass is 245 g/mol. The Kier molecular flexibility index (Phi) is 5.17. The Morgan fingerprint density at radius 2 is 2.07 bits per heavy atom. The maximum Gasteiger partial charge on any atom is 0.133 e. The van der Waals surface area contributed by atoms with Crippen LogP contribution in [0.15, 0.2) is 18.2 Å². The zero-order valence-corrected chi connectivity index (χ0v) is 9.79. The van der Waals surface area contributed by atoms with Crippen LogP contribution in [0.3, 0.4) is 0 Å². The molecule has 4 heteroatoms. The van der Waals surface area contributed by atoms with Crippen LogP contribution in [0.1, 0.15) is 12.0 Å². The van der Waals surface area contributed by atoms with E-state index in [2.05, 4.69) is 0 Å². The topological polar surface area (TPSA) is 23.8 Å². The average molecular weight is 246 g/mol. The molecule has 1 aromatic rings. The lowest BCUT2D eigenvalue weighted by Gasteiger charge is -2.01. The normalized spacial score (nSPS) is 9.79. The third kappa shape index (κ3) is 3.79. The van der Waals surface area contributed by atoms with E-state index >= 15 is 0 Å². The van der Waals surface area contributed by atoms with E-state index < -0.39 is 0 Å². The summed E-state index contributed by atoms with van der Waals surface area (Å²) >= 11 is 12.9. The quantitative estimate of drug-likeness (QED) is 0.588. The largest absolute Gasteiger partial charge is 0.185 e. The summed E-state index contributed by atoms with van der Waals surface area (Å²) in [5.74, 6) is 0.858. The summed E-state index contributed by atoms with van der Waals surface area (Å²) in [5.41, 5.74) is 1.16. The van der Waals surface area contributed by atoms with Gasteiger partial charge in [0.2, 0.25) is 0 Å². The molecule has 0 unspecified atom stereocenters. The second-order valence-corrected chi connectivity index (χ2v) is 4.49. The number of hydrogen-bond donors (Lipinski definition) is 0. The Morgan fingerprint density at radius 1 is 1.29 bits per heavy atom. The summed E-state index contributed by atoms with van der Waals surface area (Å²) in [5, 5.41) is 11.5. The van der Waals surface area contributed by atoms with Crippen LogP contribution in [0.4, 0.5) is 0 Å². The second-order valence-electron chi connectivity index (χ2n) is 2.79. The first kappa shape index (κ1) is 11.7. The number of halogens is 2. The fourth-order valence-electron chi connectivity index (χ4n) is 1.09. The predicted molar refractivity (Wildman–Crippen MR) is 62.9 cm³/mol. The molecule has 0 aliphatic heterocycles. The van der Waals surface area contributed by atoms with Crippen molar-refractivity contribution in [1.29, 1.82) is 5.26 Å². The van der Waals surface area contributed by atoms with Gasteiger partial charge in [0, 0.05) is 5.75 Å². The zero-order valence-electron chi connectivity index (χ0n) is 7.46. The molecule has 0 atom stereocenters. The molecule has 0 amide bonds. The fourth-order valence-corrected chi connectivity index (χ4v) is 1.79. The van der Waals surface area contributed by atoms with Crippen LogP contribution < -0.4 is 0 Å². The van der Waals surface area contributed by atoms with Gasteiger partial charge in [-0.1, -0.05) is 29.3 Å². The molecular formula is C10H9Cl2NS. The molecule has 0 N–H and O–H groups in total. The summed E-state index contributed by atoms with van der Waals surface area (Å²) in [4.78, 5) is 0. The van der Waals surface area contributed by atoms with Crippen LogP contribution in [0.2, 0.25) is 10.0 Å². The van der Waals surface area contributed by atoms with Gasteiger partial charge in [-0.05, 0) is 42.3 Å². The summed E-state index contributed by atoms with van der Waals surface area (Å²) in [6, 6.07) is 5.64. The van der Waals surface area contributed by atoms with Gasteiger partial charge in [0.1, 0.15) is 5.40 Å². The van der Waals surface area contributed by atoms with Gasteiger partial charge in [0.15, 0.2) is 0 Å². The molecule has 0 bridgehead atoms. The van der Waals surface area contributed by atoms with Crippen molar-refractivity contribution in [3.05, 3.63) is 33.8 Å². The molecule has 0 fully saturated rings. The van der Waals surface area contributed by atoms with Crippen LogP contribution in [0.25, 0.3) is 0 Å². The molecule has 0 radical (unpaired) electrons. The van der Waals surface area contributed by atoms with Gasteiger partial charge in [0.25, 0.3) is 0 Å². The molecule has 74 valence electrons. The second kappa shape index (κ2) is 6.19. The highest BCUT2D eigenvalue weighted by Crippen LogP contribution is 2.23. The number of hydrogen-bond acceptors (Lipinski definition) is 2. The first-order valence-corrected chi connectivity index (χ1v) is 5.93. The molecule has 1 nitrogen and oxygen atoms in total. The van der Waals surface area contributed by atoms with E-state index in [9.17, 15) is 0 Å². The molecule has 0 saturated carbocycles. The average Bonchev–Trinajstić information content (AvgIpc) is 2.18. The summed E-state index contributed by atoms with van der Waals surface area (Å²) in [7, 11) is 0. The van der Waals surface area contributed by atoms with E-state index in [1.54, 1.807) is 6.07 Å². The third-order valence-electron chi connectivity index (χ3n) is 1.76. The molecule has 1 rings (SSSR count). The van der Waals surface area contributed by atoms with Crippen molar-refractivity contribution in [2.45, 2.75) is 12.8 Å². The molecule has 0 heterocycles. The van der Waals surface area contributed by atoms with Gasteiger partial charge < -0.3 is 0 Å². The van der Waals surface area contributed by atoms with Crippen molar-refractivity contribution in [2.24, 2.45) is 0 Å². The van der Waals surface area contributed by atoms with Crippen LogP contribution >= 0.6 is 35.0 Å². The van der Waals surface area contributed by atoms with Crippen LogP contribution in [-0.4, -0.2) is 5.75 Å². The summed E-state index contributed by atoms with van der Waals surface area (Å²) in [6.07, 6.45) is 1.92. The Hall–Kier alpha value is -0.360. The molecule has 0 aliphatic carbocycles. The highest BCUT2D eigenvalue weighted by atomic mass is 35.5. The number of thiocyanates is 1. The lowest BCUT2D eigenvalue weighted by atomic mass is 10.1. The number of rotatable bonds is 4. The first-order chi connectivity index (χ1) is 6.74. The number of thioether (sulfide) groups is 1. The van der Waals surface area contributed by atoms with E-state index in [1.807, 2.05) is 17.5 Å². The van der Waals surface area contributed by atoms with Crippen LogP contribution in [0, 0.1) is 10.7 Å². The van der Waals surface area contributed by atoms with E-state index in [0.29, 0.717) is 10.0 Å². The summed E-state index contributed by atoms with van der Waals surface area (Å²) in [6.45, 7) is 0. The molecule has 0 saturated heterocycles. The van der Waals surface area contributed by atoms with E-state index in [4.69, 9.17) is 28.5 Å². The molecular weight excluding hydrogens is 237 g/mol. The summed E-state index contributed by atoms with van der Waals surface area (Å²) < 4.78 is 0. The van der Waals surface area contributed by atoms with Gasteiger partial charge in [0.05, 0.1) is 10.0 Å². The minimum atomic E-state index is 0.585. The smallest absolute Gasteiger partial charge is 0.133 e. The molecule has 0 spiro atoms. The highest BCUT2D eigenvalue weighted by molar-refractivity contribution is 8.03. The van der Waals surface area contributed by atoms with Gasteiger partial charge >= 0.3 is 0 Å². The van der Waals surface area contributed by atoms with Crippen LogP contribution in [0.5, 0.6) is 0 Å². The standard InChI is InChI=1S/C10H9Cl2NS/c11-9-4-3-8(6-10(9)12)2-1-5-14-7-13/h3-4,6H,1-2,5H2. The van der Waals surface area contributed by atoms with Gasteiger partial charge in [-0.3, -0.25) is 0 Å². The molecule has 0 aliphatic rings. The van der Waals surface area contributed by atoms with Gasteiger partial charge in [-0.15, -0.1) is 0 Å². The lowest BCUT2D eigenvalue weighted by Crippen LogP contribution is -1.87. The fraction of sp³-hybridized carbons (Fsp3) is 0.300. The maximum atomic E-state index is 8.32. The highest BCUT2D eigenvalue weighted by Gasteiger charge is 1.99. The molecule has 0 aromatic heterocycles. The Bertz CT molecular complexity index is 346. The van der Waals surface area contributed by atoms with E-state index in [1.165, 1.54) is 11.8 Å². The van der Waals surface area contributed by atoms with E-state index in [0.717, 1.165) is 24.2 Å². The van der Waals surface area contributed by atoms with Gasteiger partial charge in [-0.2, -0.15) is 5.26 Å². The van der Waals surface area contributed by atoms with E-state index in [-0.39, 0.29) is 0 Å². The van der Waals surface area contributed by atoms with Crippen molar-refractivity contribution in [3.63, 3.8) is 0 Å². The predicted octanol–water partition coefficient (Wildman–Crippen LogP) is 4.14. The van der Waals surface area contributed by atoms with Crippen LogP contribution in [-0.2, 0) is 6.42 Å². The molecule has 1 aromatic carbocycles. The third-order valence-corrected chi connectivity index (χ3v) is 3.12. The SMILES string of the molecule is N#CSCCCc1ccc(Cl)c(Cl)c1. The number of benzene rings is 1. The minimum absolute atomic E-state index is 0.585. The molecule has 14 heavy (non-hydrogen) atoms. The van der Waals surface area contributed by atoms with Crippen molar-refractivity contribution < 1.29 is 0 Å².